The topological polar surface area (TPSA) is 47.3 Å². The Morgan fingerprint density at radius 1 is 1.31 bits per heavy atom. The minimum absolute atomic E-state index is 0.290. The van der Waals surface area contributed by atoms with Crippen molar-refractivity contribution in [1.29, 1.82) is 0 Å². The van der Waals surface area contributed by atoms with Gasteiger partial charge in [-0.05, 0) is 24.3 Å². The van der Waals surface area contributed by atoms with Crippen LogP contribution in [0, 0.1) is 5.92 Å². The lowest BCUT2D eigenvalue weighted by Gasteiger charge is -2.10. The third-order valence-corrected chi connectivity index (χ3v) is 2.72. The van der Waals surface area contributed by atoms with Gasteiger partial charge in [-0.2, -0.15) is 0 Å². The molecule has 1 aromatic carbocycles. The van der Waals surface area contributed by atoms with E-state index in [2.05, 4.69) is 5.32 Å². The lowest BCUT2D eigenvalue weighted by molar-refractivity contribution is 0.280. The second kappa shape index (κ2) is 4.85. The van der Waals surface area contributed by atoms with Crippen LogP contribution in [0.25, 0.3) is 0 Å². The van der Waals surface area contributed by atoms with Gasteiger partial charge in [0.15, 0.2) is 0 Å². The van der Waals surface area contributed by atoms with Crippen molar-refractivity contribution in [3.63, 3.8) is 0 Å². The average molecular weight is 259 g/mol. The molecule has 0 amide bonds. The van der Waals surface area contributed by atoms with Crippen molar-refractivity contribution in [3.05, 3.63) is 40.1 Å². The number of hydrogen-bond acceptors (Lipinski definition) is 3. The van der Waals surface area contributed by atoms with Crippen molar-refractivity contribution in [3.8, 4) is 5.75 Å². The molecule has 0 radical (unpaired) electrons. The van der Waals surface area contributed by atoms with Crippen LogP contribution in [-0.2, 0) is 0 Å². The molecule has 0 aromatic heterocycles. The molecular formula is C11H12Cl2N2O. The first-order valence-electron chi connectivity index (χ1n) is 4.93. The van der Waals surface area contributed by atoms with Crippen LogP contribution in [0.4, 0.5) is 0 Å². The number of halogens is 2. The van der Waals surface area contributed by atoms with E-state index in [0.29, 0.717) is 28.2 Å². The normalized spacial score (nSPS) is 19.1. The van der Waals surface area contributed by atoms with Gasteiger partial charge in [0.2, 0.25) is 0 Å². The zero-order valence-electron chi connectivity index (χ0n) is 8.54. The Bertz CT molecular complexity index is 400. The van der Waals surface area contributed by atoms with Crippen LogP contribution < -0.4 is 15.8 Å². The number of nitrogens with two attached hydrogens (primary N) is 1. The molecule has 16 heavy (non-hydrogen) atoms. The fraction of sp³-hybridized carbons (Fsp3) is 0.273. The van der Waals surface area contributed by atoms with E-state index in [1.807, 2.05) is 6.08 Å². The molecule has 2 rings (SSSR count). The molecular weight excluding hydrogens is 247 g/mol. The third-order valence-electron chi connectivity index (χ3n) is 2.28. The summed E-state index contributed by atoms with van der Waals surface area (Å²) in [6.07, 6.45) is 1.95. The summed E-state index contributed by atoms with van der Waals surface area (Å²) < 4.78 is 5.59. The first-order chi connectivity index (χ1) is 7.63. The van der Waals surface area contributed by atoms with E-state index in [1.54, 1.807) is 18.2 Å². The van der Waals surface area contributed by atoms with Gasteiger partial charge in [0, 0.05) is 22.5 Å². The highest BCUT2D eigenvalue weighted by Gasteiger charge is 2.13. The molecule has 86 valence electrons. The van der Waals surface area contributed by atoms with Gasteiger partial charge < -0.3 is 15.8 Å². The first kappa shape index (κ1) is 11.4. The number of hydrogen-bond donors (Lipinski definition) is 2. The molecule has 1 atom stereocenters. The molecule has 1 heterocycles. The molecule has 0 saturated carbocycles. The van der Waals surface area contributed by atoms with Crippen molar-refractivity contribution in [2.75, 3.05) is 13.2 Å². The van der Waals surface area contributed by atoms with Gasteiger partial charge in [-0.25, -0.2) is 0 Å². The molecule has 1 aliphatic heterocycles. The Morgan fingerprint density at radius 3 is 2.56 bits per heavy atom. The zero-order chi connectivity index (χ0) is 11.5. The maximum Gasteiger partial charge on any atom is 0.122 e. The van der Waals surface area contributed by atoms with E-state index in [-0.39, 0.29) is 5.92 Å². The smallest absolute Gasteiger partial charge is 0.122 e. The second-order valence-electron chi connectivity index (χ2n) is 3.68. The minimum atomic E-state index is 0.290. The average Bonchev–Trinajstić information content (AvgIpc) is 2.60. The van der Waals surface area contributed by atoms with Crippen molar-refractivity contribution < 1.29 is 4.74 Å². The number of nitrogens with one attached hydrogen (secondary N) is 1. The lowest BCUT2D eigenvalue weighted by atomic mass is 10.2. The van der Waals surface area contributed by atoms with Crippen molar-refractivity contribution in [2.24, 2.45) is 11.7 Å². The number of rotatable bonds is 3. The summed E-state index contributed by atoms with van der Waals surface area (Å²) in [4.78, 5) is 0. The Labute approximate surface area is 104 Å². The summed E-state index contributed by atoms with van der Waals surface area (Å²) in [5.74, 6) is 1.67. The summed E-state index contributed by atoms with van der Waals surface area (Å²) in [5, 5.41) is 4.18. The largest absolute Gasteiger partial charge is 0.493 e. The van der Waals surface area contributed by atoms with E-state index >= 15 is 0 Å². The van der Waals surface area contributed by atoms with Gasteiger partial charge in [0.05, 0.1) is 12.4 Å². The summed E-state index contributed by atoms with van der Waals surface area (Å²) in [6.45, 7) is 1.37. The van der Waals surface area contributed by atoms with Crippen LogP contribution in [0.1, 0.15) is 0 Å². The highest BCUT2D eigenvalue weighted by molar-refractivity contribution is 6.34. The van der Waals surface area contributed by atoms with Gasteiger partial charge in [-0.15, -0.1) is 0 Å². The number of ether oxygens (including phenoxy) is 1. The van der Waals surface area contributed by atoms with Crippen molar-refractivity contribution in [1.82, 2.24) is 5.32 Å². The maximum absolute atomic E-state index is 5.86. The summed E-state index contributed by atoms with van der Waals surface area (Å²) >= 11 is 11.7. The van der Waals surface area contributed by atoms with E-state index in [4.69, 9.17) is 33.7 Å². The molecule has 5 heteroatoms. The molecule has 0 aliphatic carbocycles. The fourth-order valence-electron chi connectivity index (χ4n) is 1.54. The van der Waals surface area contributed by atoms with Crippen LogP contribution in [-0.4, -0.2) is 13.2 Å². The Hall–Kier alpha value is -1.06. The maximum atomic E-state index is 5.86. The van der Waals surface area contributed by atoms with E-state index in [0.717, 1.165) is 6.54 Å². The second-order valence-corrected chi connectivity index (χ2v) is 4.55. The van der Waals surface area contributed by atoms with Crippen LogP contribution in [0.15, 0.2) is 30.1 Å². The molecule has 0 fully saturated rings. The quantitative estimate of drug-likeness (QED) is 0.876. The summed E-state index contributed by atoms with van der Waals surface area (Å²) in [5.41, 5.74) is 5.59. The van der Waals surface area contributed by atoms with Gasteiger partial charge >= 0.3 is 0 Å². The standard InChI is InChI=1S/C11H12Cl2N2O/c12-8-2-9(13)4-10(3-8)16-6-7-1-11(14)15-5-7/h1-4,7,15H,5-6,14H2/t7-/m0/s1. The molecule has 1 aliphatic rings. The van der Waals surface area contributed by atoms with Crippen LogP contribution in [0.2, 0.25) is 10.0 Å². The van der Waals surface area contributed by atoms with Crippen LogP contribution in [0.5, 0.6) is 5.75 Å². The van der Waals surface area contributed by atoms with E-state index in [9.17, 15) is 0 Å². The Morgan fingerprint density at radius 2 is 2.00 bits per heavy atom. The highest BCUT2D eigenvalue weighted by atomic mass is 35.5. The number of benzene rings is 1. The predicted molar refractivity (Wildman–Crippen MR) is 65.7 cm³/mol. The molecule has 0 saturated heterocycles. The van der Waals surface area contributed by atoms with Crippen molar-refractivity contribution >= 4 is 23.2 Å². The van der Waals surface area contributed by atoms with Gasteiger partial charge in [0.25, 0.3) is 0 Å². The van der Waals surface area contributed by atoms with Gasteiger partial charge in [0.1, 0.15) is 5.75 Å². The van der Waals surface area contributed by atoms with Crippen molar-refractivity contribution in [2.45, 2.75) is 0 Å². The fourth-order valence-corrected chi connectivity index (χ4v) is 2.05. The Kier molecular flexibility index (Phi) is 3.46. The predicted octanol–water partition coefficient (Wildman–Crippen LogP) is 2.39. The van der Waals surface area contributed by atoms with Crippen LogP contribution >= 0.6 is 23.2 Å². The lowest BCUT2D eigenvalue weighted by Crippen LogP contribution is -2.19. The summed E-state index contributed by atoms with van der Waals surface area (Å²) in [6, 6.07) is 5.15. The van der Waals surface area contributed by atoms with Gasteiger partial charge in [-0.3, -0.25) is 0 Å². The SMILES string of the molecule is NC1=C[C@H](COc2cc(Cl)cc(Cl)c2)CN1. The molecule has 0 unspecified atom stereocenters. The van der Waals surface area contributed by atoms with E-state index in [1.165, 1.54) is 0 Å². The van der Waals surface area contributed by atoms with Crippen LogP contribution in [0.3, 0.4) is 0 Å². The monoisotopic (exact) mass is 258 g/mol. The molecule has 3 nitrogen and oxygen atoms in total. The molecule has 1 aromatic rings. The van der Waals surface area contributed by atoms with Gasteiger partial charge in [-0.1, -0.05) is 23.2 Å². The highest BCUT2D eigenvalue weighted by Crippen LogP contribution is 2.24. The minimum Gasteiger partial charge on any atom is -0.493 e. The summed E-state index contributed by atoms with van der Waals surface area (Å²) in [7, 11) is 0. The molecule has 0 bridgehead atoms. The zero-order valence-corrected chi connectivity index (χ0v) is 10.1. The first-order valence-corrected chi connectivity index (χ1v) is 5.69. The third kappa shape index (κ3) is 2.97. The molecule has 3 N–H and O–H groups in total. The molecule has 0 spiro atoms. The Balaban J connectivity index is 1.94. The van der Waals surface area contributed by atoms with E-state index < -0.39 is 0 Å².